The number of aliphatic carboxylic acids is 4. The molecule has 0 spiro atoms. The molecule has 8 aliphatic heterocycles. The highest BCUT2D eigenvalue weighted by molar-refractivity contribution is 5.92. The highest BCUT2D eigenvalue weighted by atomic mass is 19.1. The van der Waals surface area contributed by atoms with E-state index in [2.05, 4.69) is 19.6 Å². The molecule has 2 aliphatic carbocycles. The fourth-order valence-electron chi connectivity index (χ4n) is 18.9. The third kappa shape index (κ3) is 19.9. The zero-order valence-electron chi connectivity index (χ0n) is 74.9. The minimum Gasteiger partial charge on any atom is -0.497 e. The van der Waals surface area contributed by atoms with E-state index in [-0.39, 0.29) is 61.1 Å². The Morgan fingerprint density at radius 1 is 0.331 bits per heavy atom. The first-order chi connectivity index (χ1) is 62.3. The van der Waals surface area contributed by atoms with E-state index in [1.54, 1.807) is 78.3 Å². The van der Waals surface area contributed by atoms with Crippen molar-refractivity contribution in [1.82, 2.24) is 19.6 Å². The van der Waals surface area contributed by atoms with Crippen molar-refractivity contribution in [3.63, 3.8) is 0 Å². The Hall–Kier alpha value is -12.0. The lowest BCUT2D eigenvalue weighted by molar-refractivity contribution is -0.148. The quantitative estimate of drug-likeness (QED) is 0.0582. The van der Waals surface area contributed by atoms with E-state index in [9.17, 15) is 65.9 Å². The van der Waals surface area contributed by atoms with E-state index in [1.165, 1.54) is 88.1 Å². The smallest absolute Gasteiger partial charge is 0.310 e. The molecule has 688 valence electrons. The molecule has 0 amide bonds. The fourth-order valence-corrected chi connectivity index (χ4v) is 18.9. The van der Waals surface area contributed by atoms with Gasteiger partial charge in [0.15, 0.2) is 46.3 Å². The first-order valence-corrected chi connectivity index (χ1v) is 43.9. The molecule has 10 aliphatic rings. The van der Waals surface area contributed by atoms with E-state index < -0.39 is 68.8 Å². The van der Waals surface area contributed by atoms with Gasteiger partial charge in [0.1, 0.15) is 72.6 Å². The number of likely N-dealkylation sites (tertiary alicyclic amines) is 4. The Morgan fingerprint density at radius 2 is 0.577 bits per heavy atom. The molecule has 8 heterocycles. The summed E-state index contributed by atoms with van der Waals surface area (Å²) in [6.07, 6.45) is 8.99. The van der Waals surface area contributed by atoms with E-state index in [0.717, 1.165) is 199 Å². The fraction of sp³-hybridized carbons (Fsp3) is 0.412. The van der Waals surface area contributed by atoms with Gasteiger partial charge in [-0.2, -0.15) is 0 Å². The number of methoxy groups -OCH3 is 6. The van der Waals surface area contributed by atoms with Crippen LogP contribution >= 0.6 is 0 Å². The van der Waals surface area contributed by atoms with Crippen LogP contribution in [0.5, 0.6) is 57.5 Å². The number of halogens is 6. The molecule has 22 nitrogen and oxygen atoms in total. The molecule has 8 aromatic rings. The summed E-state index contributed by atoms with van der Waals surface area (Å²) in [5, 5.41) is 38.0. The number of benzene rings is 8. The zero-order chi connectivity index (χ0) is 92.4. The van der Waals surface area contributed by atoms with Crippen LogP contribution in [0.25, 0.3) is 22.3 Å². The number of rotatable bonds is 18. The molecular weight excluding hydrogens is 1680 g/mol. The van der Waals surface area contributed by atoms with Crippen LogP contribution in [-0.4, -0.2) is 185 Å². The van der Waals surface area contributed by atoms with Crippen molar-refractivity contribution in [3.8, 4) is 57.5 Å². The highest BCUT2D eigenvalue weighted by Gasteiger charge is 2.53. The van der Waals surface area contributed by atoms with Crippen molar-refractivity contribution in [2.24, 2.45) is 21.7 Å². The van der Waals surface area contributed by atoms with E-state index in [1.807, 2.05) is 36.4 Å². The molecule has 0 unspecified atom stereocenters. The number of piperidine rings is 4. The third-order valence-electron chi connectivity index (χ3n) is 26.8. The summed E-state index contributed by atoms with van der Waals surface area (Å²) in [6, 6.07) is 33.0. The molecule has 0 bridgehead atoms. The Balaban J connectivity index is 0.000000133. The van der Waals surface area contributed by atoms with Crippen molar-refractivity contribution in [2.45, 2.75) is 131 Å². The number of ether oxygens (including phenoxy) is 10. The first kappa shape index (κ1) is 92.7. The molecule has 28 heteroatoms. The average molecular weight is 1790 g/mol. The Labute approximate surface area is 752 Å². The van der Waals surface area contributed by atoms with Gasteiger partial charge in [-0.05, 0) is 271 Å². The van der Waals surface area contributed by atoms with Gasteiger partial charge in [0.05, 0.1) is 64.3 Å². The number of fused-ring (bicyclic) bond motifs is 8. The number of carboxylic acid groups (broad SMARTS) is 4. The van der Waals surface area contributed by atoms with Gasteiger partial charge in [-0.25, -0.2) is 26.3 Å². The predicted molar refractivity (Wildman–Crippen MR) is 476 cm³/mol. The summed E-state index contributed by atoms with van der Waals surface area (Å²) in [5.41, 5.74) is 15.1. The van der Waals surface area contributed by atoms with Crippen molar-refractivity contribution in [1.29, 1.82) is 0 Å². The lowest BCUT2D eigenvalue weighted by atomic mass is 9.85. The van der Waals surface area contributed by atoms with Gasteiger partial charge in [-0.1, -0.05) is 22.3 Å². The normalized spacial score (nSPS) is 17.9. The number of carboxylic acids is 4. The Morgan fingerprint density at radius 3 is 0.808 bits per heavy atom. The second-order valence-corrected chi connectivity index (χ2v) is 36.3. The molecule has 8 aromatic carbocycles. The molecule has 2 saturated carbocycles. The summed E-state index contributed by atoms with van der Waals surface area (Å²) in [7, 11) is 9.03. The lowest BCUT2D eigenvalue weighted by Crippen LogP contribution is -2.42. The summed E-state index contributed by atoms with van der Waals surface area (Å²) >= 11 is 0. The lowest BCUT2D eigenvalue weighted by Gasteiger charge is -2.34. The third-order valence-corrected chi connectivity index (χ3v) is 26.8. The standard InChI is InChI=1S/C26H28FNO5.C26H30FNO5.C25H25F2NO4.C25H27F2NO4/c1-31-18-3-4-22-20(12-18)24(19-13-23(32-2)21(27)11-17(19)14-33-22)16-5-9-28(10-6-16)15-26(7-8-26)25(29)30;1-26(2,25(29)30)15-28-9-7-16(8-10-28)24-19-13-23(32-4)21(27)11-17(19)14-33-22-6-5-18(31-3)12-20(22)24;1-31-22-12-18-16(10-20(22)27)13-32-21-3-2-17(26)11-19(21)23(18)15-4-8-28(9-5-15)14-25(6-7-25)24(29)30;1-25(2,24(29)30)14-28-8-6-15(7-9-28)23-18-12-22(31-3)20(27)10-16(18)13-32-21-5-4-17(26)11-19(21)23/h3-4,11-13H,5-10,14-15H2,1-2H3,(H,29,30);5-6,11-13H,7-10,14-15H2,1-4H3,(H,29,30);2-3,10-12H,4-9,13-14H2,1H3,(H,29,30);4-5,10-12H,6-9,13-14H2,1-3H3,(H,29,30). The van der Waals surface area contributed by atoms with Gasteiger partial charge in [0, 0.05) is 123 Å². The van der Waals surface area contributed by atoms with Crippen LogP contribution in [0.4, 0.5) is 26.3 Å². The molecule has 18 rings (SSSR count). The monoisotopic (exact) mass is 1790 g/mol. The van der Waals surface area contributed by atoms with Gasteiger partial charge in [0.2, 0.25) is 0 Å². The summed E-state index contributed by atoms with van der Waals surface area (Å²) in [6.45, 7) is 15.9. The van der Waals surface area contributed by atoms with Crippen LogP contribution in [0.2, 0.25) is 0 Å². The highest BCUT2D eigenvalue weighted by Crippen LogP contribution is 2.53. The molecule has 130 heavy (non-hydrogen) atoms. The van der Waals surface area contributed by atoms with Crippen molar-refractivity contribution in [2.75, 3.05) is 121 Å². The van der Waals surface area contributed by atoms with Gasteiger partial charge in [0.25, 0.3) is 0 Å². The molecular formula is C102H110F6N4O18. The maximum absolute atomic E-state index is 14.5. The number of nitrogens with zero attached hydrogens (tertiary/aromatic N) is 4. The maximum Gasteiger partial charge on any atom is 0.310 e. The molecule has 0 atom stereocenters. The van der Waals surface area contributed by atoms with Crippen LogP contribution < -0.4 is 47.4 Å². The van der Waals surface area contributed by atoms with Crippen molar-refractivity contribution in [3.05, 3.63) is 245 Å². The second kappa shape index (κ2) is 38.6. The minimum atomic E-state index is -0.839. The number of carbonyl (C=O) groups is 4. The average Bonchev–Trinajstić information content (AvgIpc) is 1.55. The molecule has 6 fully saturated rings. The molecule has 4 N–H and O–H groups in total. The maximum atomic E-state index is 14.5. The Bertz CT molecular complexity index is 5500. The summed E-state index contributed by atoms with van der Waals surface area (Å²) in [5.74, 6) is -0.835. The molecule has 4 saturated heterocycles. The van der Waals surface area contributed by atoms with Crippen molar-refractivity contribution >= 4 is 46.2 Å². The van der Waals surface area contributed by atoms with Gasteiger partial charge in [-0.3, -0.25) is 19.2 Å². The first-order valence-electron chi connectivity index (χ1n) is 43.9. The Kier molecular flexibility index (Phi) is 27.5. The SMILES string of the molecule is COc1cc2c(cc1F)COc1ccc(F)cc1C2=C1CCN(CC(C)(C)C(=O)O)CC1.COc1cc2c(cc1F)COc1ccc(F)cc1C2=C1CCN(CC2(C(=O)O)CC2)CC1.COc1ccc2c(c1)C(=C1CCN(CC(C)(C)C(=O)O)CC1)c1cc(OC)c(F)cc1CO2.COc1ccc2c(c1)C(=C1CCN(CC3(C(=O)O)CC3)CC1)c1cc(OC)c(F)cc1CO2. The van der Waals surface area contributed by atoms with Crippen LogP contribution in [0.15, 0.2) is 144 Å². The number of hydrogen-bond donors (Lipinski definition) is 4. The van der Waals surface area contributed by atoms with Gasteiger partial charge in [-0.15, -0.1) is 0 Å². The topological polar surface area (TPSA) is 254 Å². The number of hydrogen-bond acceptors (Lipinski definition) is 18. The summed E-state index contributed by atoms with van der Waals surface area (Å²) in [4.78, 5) is 55.1. The zero-order valence-corrected chi connectivity index (χ0v) is 74.9. The van der Waals surface area contributed by atoms with E-state index >= 15 is 0 Å². The van der Waals surface area contributed by atoms with Gasteiger partial charge < -0.3 is 87.4 Å². The van der Waals surface area contributed by atoms with Crippen LogP contribution in [0, 0.1) is 56.6 Å². The molecule has 0 radical (unpaired) electrons. The van der Waals surface area contributed by atoms with E-state index in [4.69, 9.17) is 47.4 Å². The van der Waals surface area contributed by atoms with Gasteiger partial charge >= 0.3 is 23.9 Å². The van der Waals surface area contributed by atoms with Crippen molar-refractivity contribution < 1.29 is 113 Å². The second-order valence-electron chi connectivity index (χ2n) is 36.3. The molecule has 0 aromatic heterocycles. The van der Waals surface area contributed by atoms with E-state index in [0.29, 0.717) is 91.6 Å². The largest absolute Gasteiger partial charge is 0.497 e. The predicted octanol–water partition coefficient (Wildman–Crippen LogP) is 18.7. The van der Waals surface area contributed by atoms with Crippen LogP contribution in [0.3, 0.4) is 0 Å². The van der Waals surface area contributed by atoms with Crippen LogP contribution in [-0.2, 0) is 45.6 Å². The summed E-state index contributed by atoms with van der Waals surface area (Å²) < 4.78 is 142. The van der Waals surface area contributed by atoms with Crippen LogP contribution in [0.1, 0.15) is 172 Å². The minimum absolute atomic E-state index is 0.127.